The topological polar surface area (TPSA) is 66.4 Å². The highest BCUT2D eigenvalue weighted by Crippen LogP contribution is 2.27. The van der Waals surface area contributed by atoms with E-state index >= 15 is 0 Å². The van der Waals surface area contributed by atoms with Gasteiger partial charge < -0.3 is 10.4 Å². The third-order valence-electron chi connectivity index (χ3n) is 4.00. The molecule has 1 aliphatic rings. The molecule has 0 aliphatic heterocycles. The van der Waals surface area contributed by atoms with Crippen LogP contribution in [-0.4, -0.2) is 32.3 Å². The van der Waals surface area contributed by atoms with Gasteiger partial charge in [-0.3, -0.25) is 9.00 Å². The van der Waals surface area contributed by atoms with E-state index in [-0.39, 0.29) is 11.3 Å². The second-order valence-electron chi connectivity index (χ2n) is 5.51. The van der Waals surface area contributed by atoms with Crippen LogP contribution in [0.2, 0.25) is 0 Å². The number of phenolic OH excluding ortho intramolecular Hbond substituents is 1. The molecule has 1 aromatic carbocycles. The van der Waals surface area contributed by atoms with Crippen molar-refractivity contribution in [2.45, 2.75) is 43.9 Å². The maximum atomic E-state index is 13.7. The van der Waals surface area contributed by atoms with Crippen LogP contribution >= 0.6 is 0 Å². The summed E-state index contributed by atoms with van der Waals surface area (Å²) in [6.45, 7) is 1.82. The monoisotopic (exact) mass is 349 g/mol. The lowest BCUT2D eigenvalue weighted by molar-refractivity contribution is 0.0922. The van der Waals surface area contributed by atoms with Gasteiger partial charge in [0.05, 0.1) is 5.56 Å². The Hall–Kier alpha value is -1.57. The molecule has 23 heavy (non-hydrogen) atoms. The van der Waals surface area contributed by atoms with E-state index in [1.165, 1.54) is 0 Å². The predicted molar refractivity (Wildman–Crippen MR) is 80.2 cm³/mol. The molecule has 2 rings (SSSR count). The Kier molecular flexibility index (Phi) is 5.67. The molecule has 1 aliphatic carbocycles. The summed E-state index contributed by atoms with van der Waals surface area (Å²) in [5.41, 5.74) is -0.750. The molecule has 0 bridgehead atoms. The Labute approximate surface area is 134 Å². The van der Waals surface area contributed by atoms with Gasteiger partial charge in [0.15, 0.2) is 17.4 Å². The number of halogens is 3. The zero-order chi connectivity index (χ0) is 17.1. The average molecular weight is 349 g/mol. The van der Waals surface area contributed by atoms with Gasteiger partial charge in [-0.25, -0.2) is 8.78 Å². The fourth-order valence-electron chi connectivity index (χ4n) is 2.77. The summed E-state index contributed by atoms with van der Waals surface area (Å²) >= 11 is 0. The van der Waals surface area contributed by atoms with E-state index in [1.54, 1.807) is 0 Å². The summed E-state index contributed by atoms with van der Waals surface area (Å²) in [7, 11) is -0.983. The van der Waals surface area contributed by atoms with Gasteiger partial charge in [-0.2, -0.15) is 4.39 Å². The summed E-state index contributed by atoms with van der Waals surface area (Å²) in [6, 6.07) is 0.107. The number of hydrogen-bond acceptors (Lipinski definition) is 3. The maximum Gasteiger partial charge on any atom is 0.254 e. The summed E-state index contributed by atoms with van der Waals surface area (Å²) in [5, 5.41) is 11.7. The van der Waals surface area contributed by atoms with Crippen LogP contribution < -0.4 is 5.32 Å². The van der Waals surface area contributed by atoms with Gasteiger partial charge in [0.1, 0.15) is 0 Å². The molecule has 4 nitrogen and oxygen atoms in total. The van der Waals surface area contributed by atoms with Gasteiger partial charge in [0, 0.05) is 27.8 Å². The van der Waals surface area contributed by atoms with E-state index in [2.05, 4.69) is 5.32 Å². The van der Waals surface area contributed by atoms with Gasteiger partial charge >= 0.3 is 0 Å². The minimum Gasteiger partial charge on any atom is -0.503 e. The molecular weight excluding hydrogens is 331 g/mol. The van der Waals surface area contributed by atoms with Crippen molar-refractivity contribution in [2.75, 3.05) is 5.75 Å². The smallest absolute Gasteiger partial charge is 0.254 e. The quantitative estimate of drug-likeness (QED) is 0.821. The summed E-state index contributed by atoms with van der Waals surface area (Å²) in [4.78, 5) is 12.1. The van der Waals surface area contributed by atoms with Crippen molar-refractivity contribution >= 4 is 16.7 Å². The summed E-state index contributed by atoms with van der Waals surface area (Å²) < 4.78 is 51.9. The zero-order valence-corrected chi connectivity index (χ0v) is 13.4. The standard InChI is InChI=1S/C15H18F3NO3S/c1-2-23(22)9-5-3-4-8(6-9)19-15(21)10-7-11(16)13(18)14(20)12(10)17/h7-9,20H,2-6H2,1H3,(H,19,21). The van der Waals surface area contributed by atoms with Crippen molar-refractivity contribution in [1.82, 2.24) is 5.32 Å². The van der Waals surface area contributed by atoms with Crippen molar-refractivity contribution < 1.29 is 27.3 Å². The largest absolute Gasteiger partial charge is 0.503 e. The van der Waals surface area contributed by atoms with Gasteiger partial charge in [-0.15, -0.1) is 0 Å². The number of nitrogens with one attached hydrogen (secondary N) is 1. The van der Waals surface area contributed by atoms with Crippen LogP contribution in [0.3, 0.4) is 0 Å². The van der Waals surface area contributed by atoms with Gasteiger partial charge in [-0.1, -0.05) is 13.3 Å². The highest BCUT2D eigenvalue weighted by atomic mass is 32.2. The van der Waals surface area contributed by atoms with Gasteiger partial charge in [-0.05, 0) is 25.3 Å². The van der Waals surface area contributed by atoms with E-state index in [9.17, 15) is 22.2 Å². The number of carbonyl (C=O) groups excluding carboxylic acids is 1. The van der Waals surface area contributed by atoms with Crippen molar-refractivity contribution in [3.05, 3.63) is 29.1 Å². The van der Waals surface area contributed by atoms with Crippen LogP contribution in [0.25, 0.3) is 0 Å². The number of hydrogen-bond donors (Lipinski definition) is 2. The molecule has 2 N–H and O–H groups in total. The summed E-state index contributed by atoms with van der Waals surface area (Å²) in [5.74, 6) is -6.63. The number of rotatable bonds is 4. The van der Waals surface area contributed by atoms with Crippen LogP contribution in [0.5, 0.6) is 5.75 Å². The molecule has 0 heterocycles. The number of benzene rings is 1. The van der Waals surface area contributed by atoms with Crippen molar-refractivity contribution in [1.29, 1.82) is 0 Å². The average Bonchev–Trinajstić information content (AvgIpc) is 2.55. The lowest BCUT2D eigenvalue weighted by Gasteiger charge is -2.29. The molecular formula is C15H18F3NO3S. The molecule has 1 saturated carbocycles. The number of phenols is 1. The minimum atomic E-state index is -1.73. The molecule has 1 aromatic rings. The van der Waals surface area contributed by atoms with Gasteiger partial charge in [0.2, 0.25) is 5.82 Å². The van der Waals surface area contributed by atoms with Crippen LogP contribution in [-0.2, 0) is 10.8 Å². The van der Waals surface area contributed by atoms with E-state index in [4.69, 9.17) is 5.11 Å². The second kappa shape index (κ2) is 7.33. The Morgan fingerprint density at radius 3 is 2.70 bits per heavy atom. The highest BCUT2D eigenvalue weighted by Gasteiger charge is 2.28. The fraction of sp³-hybridized carbons (Fsp3) is 0.533. The Morgan fingerprint density at radius 2 is 2.04 bits per heavy atom. The first-order valence-corrected chi connectivity index (χ1v) is 8.77. The first-order valence-electron chi connectivity index (χ1n) is 7.39. The number of aromatic hydroxyl groups is 1. The highest BCUT2D eigenvalue weighted by molar-refractivity contribution is 7.85. The zero-order valence-electron chi connectivity index (χ0n) is 12.6. The first kappa shape index (κ1) is 17.8. The third-order valence-corrected chi connectivity index (χ3v) is 5.74. The van der Waals surface area contributed by atoms with Crippen LogP contribution in [0.1, 0.15) is 43.0 Å². The molecule has 0 aromatic heterocycles. The Bertz CT molecular complexity index is 639. The molecule has 0 spiro atoms. The number of amides is 1. The van der Waals surface area contributed by atoms with Crippen molar-refractivity contribution in [2.24, 2.45) is 0 Å². The van der Waals surface area contributed by atoms with Crippen molar-refractivity contribution in [3.8, 4) is 5.75 Å². The lowest BCUT2D eigenvalue weighted by Crippen LogP contribution is -2.41. The molecule has 1 fully saturated rings. The molecule has 0 saturated heterocycles. The summed E-state index contributed by atoms with van der Waals surface area (Å²) in [6.07, 6.45) is 2.70. The van der Waals surface area contributed by atoms with E-state index in [1.807, 2.05) is 6.92 Å². The molecule has 8 heteroatoms. The SMILES string of the molecule is CCS(=O)C1CCCC(NC(=O)c2cc(F)c(F)c(O)c2F)C1. The Morgan fingerprint density at radius 1 is 1.35 bits per heavy atom. The minimum absolute atomic E-state index is 0.0396. The van der Waals surface area contributed by atoms with Crippen LogP contribution in [0.15, 0.2) is 6.07 Å². The molecule has 128 valence electrons. The Balaban J connectivity index is 2.12. The normalized spacial score (nSPS) is 22.6. The van der Waals surface area contributed by atoms with Crippen molar-refractivity contribution in [3.63, 3.8) is 0 Å². The maximum absolute atomic E-state index is 13.7. The predicted octanol–water partition coefficient (Wildman–Crippen LogP) is 2.62. The second-order valence-corrected chi connectivity index (χ2v) is 7.52. The van der Waals surface area contributed by atoms with E-state index in [0.717, 1.165) is 12.8 Å². The molecule has 1 amide bonds. The van der Waals surface area contributed by atoms with Gasteiger partial charge in [0.25, 0.3) is 5.91 Å². The fourth-order valence-corrected chi connectivity index (χ4v) is 4.12. The van der Waals surface area contributed by atoms with Crippen LogP contribution in [0, 0.1) is 17.5 Å². The molecule has 3 unspecified atom stereocenters. The van der Waals surface area contributed by atoms with E-state index < -0.39 is 45.5 Å². The van der Waals surface area contributed by atoms with Crippen LogP contribution in [0.4, 0.5) is 13.2 Å². The molecule has 3 atom stereocenters. The lowest BCUT2D eigenvalue weighted by atomic mass is 9.94. The van der Waals surface area contributed by atoms with E-state index in [0.29, 0.717) is 24.7 Å². The molecule has 0 radical (unpaired) electrons. The first-order chi connectivity index (χ1) is 10.8. The number of carbonyl (C=O) groups is 1. The third kappa shape index (κ3) is 3.85.